The van der Waals surface area contributed by atoms with Gasteiger partial charge >= 0.3 is 12.0 Å². The number of hydrogen-bond acceptors (Lipinski definition) is 5. The summed E-state index contributed by atoms with van der Waals surface area (Å²) in [4.78, 5) is 30.6. The van der Waals surface area contributed by atoms with Crippen LogP contribution in [0.4, 0.5) is 10.5 Å². The number of nitrogens with one attached hydrogen (secondary N) is 1. The van der Waals surface area contributed by atoms with E-state index < -0.39 is 5.97 Å². The monoisotopic (exact) mass is 490 g/mol. The van der Waals surface area contributed by atoms with Crippen LogP contribution in [0.3, 0.4) is 0 Å². The number of nitrogens with zero attached hydrogens (tertiary/aromatic N) is 5. The summed E-state index contributed by atoms with van der Waals surface area (Å²) < 4.78 is 1.92. The van der Waals surface area contributed by atoms with Crippen LogP contribution in [-0.2, 0) is 0 Å². The molecule has 2 aromatic heterocycles. The van der Waals surface area contributed by atoms with Crippen LogP contribution in [0.15, 0.2) is 78.5 Å². The minimum atomic E-state index is -1.19. The highest BCUT2D eigenvalue weighted by Gasteiger charge is 2.35. The largest absolute Gasteiger partial charge is 0.476 e. The van der Waals surface area contributed by atoms with Crippen molar-refractivity contribution in [2.24, 2.45) is 0 Å². The number of hydrazine groups is 1. The number of amides is 2. The van der Waals surface area contributed by atoms with E-state index in [1.54, 1.807) is 29.2 Å². The lowest BCUT2D eigenvalue weighted by Crippen LogP contribution is -2.52. The molecular formula is C25H23ClN6O3. The van der Waals surface area contributed by atoms with Crippen LogP contribution >= 0.6 is 11.6 Å². The van der Waals surface area contributed by atoms with E-state index in [1.807, 2.05) is 67.3 Å². The lowest BCUT2D eigenvalue weighted by Gasteiger charge is -2.44. The Bertz CT molecular complexity index is 1420. The number of aromatic nitrogens is 2. The van der Waals surface area contributed by atoms with Crippen LogP contribution in [-0.4, -0.2) is 54.7 Å². The number of carboxylic acid groups (broad SMARTS) is 1. The quantitative estimate of drug-likeness (QED) is 0.487. The Morgan fingerprint density at radius 3 is 2.43 bits per heavy atom. The molecule has 0 saturated heterocycles. The van der Waals surface area contributed by atoms with E-state index in [4.69, 9.17) is 11.6 Å². The van der Waals surface area contributed by atoms with E-state index in [0.29, 0.717) is 11.5 Å². The first-order valence-electron chi connectivity index (χ1n) is 10.9. The van der Waals surface area contributed by atoms with E-state index in [-0.39, 0.29) is 22.9 Å². The van der Waals surface area contributed by atoms with Crippen molar-refractivity contribution in [2.45, 2.75) is 19.9 Å². The maximum Gasteiger partial charge on any atom is 0.356 e. The second kappa shape index (κ2) is 8.52. The van der Waals surface area contributed by atoms with E-state index in [0.717, 1.165) is 22.0 Å². The maximum atomic E-state index is 13.4. The molecule has 0 spiro atoms. The number of halogens is 1. The number of urea groups is 1. The van der Waals surface area contributed by atoms with Gasteiger partial charge in [0.05, 0.1) is 23.6 Å². The third kappa shape index (κ3) is 4.00. The summed E-state index contributed by atoms with van der Waals surface area (Å²) in [6.45, 7) is 3.80. The van der Waals surface area contributed by atoms with Crippen LogP contribution in [0.5, 0.6) is 0 Å². The Morgan fingerprint density at radius 2 is 1.77 bits per heavy atom. The number of rotatable bonds is 5. The van der Waals surface area contributed by atoms with Gasteiger partial charge in [-0.05, 0) is 48.4 Å². The minimum absolute atomic E-state index is 0.0961. The highest BCUT2D eigenvalue weighted by Crippen LogP contribution is 2.32. The summed E-state index contributed by atoms with van der Waals surface area (Å²) in [6.07, 6.45) is 9.56. The number of benzene rings is 1. The molecular weight excluding hydrogens is 468 g/mol. The number of pyridine rings is 1. The molecule has 10 heteroatoms. The first-order chi connectivity index (χ1) is 16.7. The Labute approximate surface area is 206 Å². The number of carbonyl (C=O) groups is 2. The predicted octanol–water partition coefficient (Wildman–Crippen LogP) is 5.03. The van der Waals surface area contributed by atoms with Crippen molar-refractivity contribution < 1.29 is 14.7 Å². The Morgan fingerprint density at radius 1 is 1.09 bits per heavy atom. The molecule has 2 amide bonds. The van der Waals surface area contributed by atoms with Crippen molar-refractivity contribution in [2.75, 3.05) is 12.4 Å². The Balaban J connectivity index is 1.54. The van der Waals surface area contributed by atoms with Gasteiger partial charge in [-0.1, -0.05) is 35.9 Å². The number of allylic oxidation sites excluding steroid dienone is 2. The lowest BCUT2D eigenvalue weighted by molar-refractivity contribution is 0.0691. The van der Waals surface area contributed by atoms with Gasteiger partial charge in [0, 0.05) is 25.6 Å². The third-order valence-electron chi connectivity index (χ3n) is 5.96. The smallest absolute Gasteiger partial charge is 0.356 e. The van der Waals surface area contributed by atoms with Crippen molar-refractivity contribution in [3.63, 3.8) is 0 Å². The van der Waals surface area contributed by atoms with E-state index >= 15 is 0 Å². The molecule has 0 radical (unpaired) electrons. The van der Waals surface area contributed by atoms with Gasteiger partial charge in [0.2, 0.25) is 0 Å². The molecule has 35 heavy (non-hydrogen) atoms. The normalized spacial score (nSPS) is 16.5. The topological polar surface area (TPSA) is 93.9 Å². The van der Waals surface area contributed by atoms with Crippen molar-refractivity contribution in [1.82, 2.24) is 24.5 Å². The average molecular weight is 491 g/mol. The number of anilines is 1. The lowest BCUT2D eigenvalue weighted by atomic mass is 10.1. The molecule has 1 aromatic carbocycles. The van der Waals surface area contributed by atoms with Gasteiger partial charge < -0.3 is 15.0 Å². The fourth-order valence-electron chi connectivity index (χ4n) is 4.25. The van der Waals surface area contributed by atoms with Crippen LogP contribution in [0.1, 0.15) is 24.3 Å². The van der Waals surface area contributed by atoms with Gasteiger partial charge in [0.1, 0.15) is 11.0 Å². The average Bonchev–Trinajstić information content (AvgIpc) is 3.26. The van der Waals surface area contributed by atoms with E-state index in [1.165, 1.54) is 11.1 Å². The molecule has 5 rings (SSSR count). The highest BCUT2D eigenvalue weighted by atomic mass is 35.5. The maximum absolute atomic E-state index is 13.4. The van der Waals surface area contributed by atoms with Crippen molar-refractivity contribution >= 4 is 45.9 Å². The number of carboxylic acids is 1. The van der Waals surface area contributed by atoms with Gasteiger partial charge in [-0.25, -0.2) is 19.6 Å². The van der Waals surface area contributed by atoms with Crippen molar-refractivity contribution in [3.05, 3.63) is 89.4 Å². The fraction of sp³-hybridized carbons (Fsp3) is 0.160. The molecule has 2 aliphatic rings. The van der Waals surface area contributed by atoms with Gasteiger partial charge in [-0.15, -0.1) is 0 Å². The fourth-order valence-corrected chi connectivity index (χ4v) is 4.40. The molecule has 178 valence electrons. The molecule has 2 N–H and O–H groups in total. The first kappa shape index (κ1) is 22.5. The van der Waals surface area contributed by atoms with Gasteiger partial charge in [0.15, 0.2) is 5.69 Å². The zero-order valence-corrected chi connectivity index (χ0v) is 20.1. The zero-order chi connectivity index (χ0) is 24.9. The minimum Gasteiger partial charge on any atom is -0.476 e. The predicted molar refractivity (Wildman–Crippen MR) is 134 cm³/mol. The SMILES string of the molecule is CC1=CN2C(=O)N(C)C(n3cc4ccccc4c3)=CN2C(C(C)Nc2ccc(Cl)nc2C(=O)O)=C1. The van der Waals surface area contributed by atoms with Crippen molar-refractivity contribution in [3.8, 4) is 0 Å². The first-order valence-corrected chi connectivity index (χ1v) is 11.3. The summed E-state index contributed by atoms with van der Waals surface area (Å²) in [7, 11) is 1.73. The van der Waals surface area contributed by atoms with Crippen LogP contribution in [0.25, 0.3) is 16.6 Å². The van der Waals surface area contributed by atoms with Crippen LogP contribution in [0, 0.1) is 0 Å². The zero-order valence-electron chi connectivity index (χ0n) is 19.3. The van der Waals surface area contributed by atoms with E-state index in [2.05, 4.69) is 10.3 Å². The molecule has 0 bridgehead atoms. The molecule has 9 nitrogen and oxygen atoms in total. The molecule has 2 aliphatic heterocycles. The number of aromatic carboxylic acids is 1. The third-order valence-corrected chi connectivity index (χ3v) is 6.17. The molecule has 4 heterocycles. The molecule has 0 aliphatic carbocycles. The molecule has 3 aromatic rings. The Kier molecular flexibility index (Phi) is 5.49. The molecule has 1 unspecified atom stereocenters. The number of hydrogen-bond donors (Lipinski definition) is 2. The highest BCUT2D eigenvalue weighted by molar-refractivity contribution is 6.29. The molecule has 0 fully saturated rings. The summed E-state index contributed by atoms with van der Waals surface area (Å²) in [6, 6.07) is 10.5. The van der Waals surface area contributed by atoms with Crippen LogP contribution in [0.2, 0.25) is 5.15 Å². The van der Waals surface area contributed by atoms with Gasteiger partial charge in [-0.3, -0.25) is 9.91 Å². The summed E-state index contributed by atoms with van der Waals surface area (Å²) in [5.41, 5.74) is 1.79. The van der Waals surface area contributed by atoms with Gasteiger partial charge in [-0.2, -0.15) is 0 Å². The summed E-state index contributed by atoms with van der Waals surface area (Å²) in [5.74, 6) is -0.512. The number of carbonyl (C=O) groups excluding carboxylic acids is 1. The molecule has 1 atom stereocenters. The second-order valence-corrected chi connectivity index (χ2v) is 8.84. The summed E-state index contributed by atoms with van der Waals surface area (Å²) >= 11 is 5.90. The Hall–Kier alpha value is -4.24. The number of fused-ring (bicyclic) bond motifs is 2. The van der Waals surface area contributed by atoms with Gasteiger partial charge in [0.25, 0.3) is 0 Å². The molecule has 0 saturated carbocycles. The van der Waals surface area contributed by atoms with Crippen LogP contribution < -0.4 is 5.32 Å². The standard InChI is InChI=1S/C25H23ClN6O3/c1-15-10-20(16(2)27-19-8-9-21(26)28-23(19)24(33)34)31-14-22(29(3)25(35)32(31)11-15)30-12-17-6-4-5-7-18(17)13-30/h4-14,16,27H,1-3H3,(H,33,34). The second-order valence-electron chi connectivity index (χ2n) is 8.46. The summed E-state index contributed by atoms with van der Waals surface area (Å²) in [5, 5.41) is 18.3. The van der Waals surface area contributed by atoms with E-state index in [9.17, 15) is 14.7 Å². The van der Waals surface area contributed by atoms with Crippen molar-refractivity contribution in [1.29, 1.82) is 0 Å².